The van der Waals surface area contributed by atoms with E-state index in [1.165, 1.54) is 18.4 Å². The van der Waals surface area contributed by atoms with Gasteiger partial charge in [-0.1, -0.05) is 23.2 Å². The second-order valence-corrected chi connectivity index (χ2v) is 5.63. The van der Waals surface area contributed by atoms with Crippen molar-refractivity contribution in [2.45, 2.75) is 32.2 Å². The zero-order valence-corrected chi connectivity index (χ0v) is 11.2. The summed E-state index contributed by atoms with van der Waals surface area (Å²) >= 11 is 12.2. The Labute approximate surface area is 107 Å². The molecule has 0 aliphatic heterocycles. The Morgan fingerprint density at radius 1 is 1.38 bits per heavy atom. The van der Waals surface area contributed by atoms with Crippen molar-refractivity contribution in [2.75, 3.05) is 7.05 Å². The SMILES string of the molecule is CNC(C)C1(Cc2cc(Cl)ccc2Cl)CC1. The fourth-order valence-electron chi connectivity index (χ4n) is 2.29. The third-order valence-corrected chi connectivity index (χ3v) is 4.40. The Balaban J connectivity index is 2.18. The Morgan fingerprint density at radius 2 is 2.06 bits per heavy atom. The lowest BCUT2D eigenvalue weighted by Crippen LogP contribution is -2.33. The highest BCUT2D eigenvalue weighted by molar-refractivity contribution is 6.33. The first kappa shape index (κ1) is 12.2. The maximum absolute atomic E-state index is 6.20. The standard InChI is InChI=1S/C13H17Cl2N/c1-9(16-2)13(5-6-13)8-10-7-11(14)3-4-12(10)15/h3-4,7,9,16H,5-6,8H2,1-2H3. The number of benzene rings is 1. The molecule has 1 aliphatic carbocycles. The second-order valence-electron chi connectivity index (χ2n) is 4.79. The Kier molecular flexibility index (Phi) is 3.48. The second kappa shape index (κ2) is 4.56. The third kappa shape index (κ3) is 2.37. The van der Waals surface area contributed by atoms with Crippen LogP contribution in [0.5, 0.6) is 0 Å². The van der Waals surface area contributed by atoms with Gasteiger partial charge in [0.1, 0.15) is 0 Å². The van der Waals surface area contributed by atoms with Gasteiger partial charge in [-0.05, 0) is 62.4 Å². The van der Waals surface area contributed by atoms with Crippen LogP contribution in [0, 0.1) is 5.41 Å². The Bertz CT molecular complexity index is 386. The van der Waals surface area contributed by atoms with Gasteiger partial charge in [-0.25, -0.2) is 0 Å². The molecule has 1 atom stereocenters. The zero-order chi connectivity index (χ0) is 11.8. The molecule has 1 saturated carbocycles. The largest absolute Gasteiger partial charge is 0.317 e. The quantitative estimate of drug-likeness (QED) is 0.863. The summed E-state index contributed by atoms with van der Waals surface area (Å²) < 4.78 is 0. The summed E-state index contributed by atoms with van der Waals surface area (Å²) in [5.41, 5.74) is 1.57. The first-order chi connectivity index (χ1) is 7.57. The van der Waals surface area contributed by atoms with E-state index in [1.54, 1.807) is 0 Å². The molecule has 1 aromatic rings. The minimum atomic E-state index is 0.392. The van der Waals surface area contributed by atoms with Gasteiger partial charge in [0.05, 0.1) is 0 Å². The molecule has 0 heterocycles. The highest BCUT2D eigenvalue weighted by Gasteiger charge is 2.46. The van der Waals surface area contributed by atoms with Gasteiger partial charge >= 0.3 is 0 Å². The van der Waals surface area contributed by atoms with E-state index in [4.69, 9.17) is 23.2 Å². The molecule has 0 saturated heterocycles. The summed E-state index contributed by atoms with van der Waals surface area (Å²) in [5.74, 6) is 0. The van der Waals surface area contributed by atoms with Crippen molar-refractivity contribution in [3.63, 3.8) is 0 Å². The van der Waals surface area contributed by atoms with Crippen LogP contribution in [0.15, 0.2) is 18.2 Å². The summed E-state index contributed by atoms with van der Waals surface area (Å²) in [6, 6.07) is 6.25. The van der Waals surface area contributed by atoms with E-state index in [-0.39, 0.29) is 0 Å². The predicted molar refractivity (Wildman–Crippen MR) is 70.4 cm³/mol. The molecular formula is C13H17Cl2N. The predicted octanol–water partition coefficient (Wildman–Crippen LogP) is 3.92. The molecule has 1 unspecified atom stereocenters. The molecule has 1 aliphatic rings. The molecule has 1 N–H and O–H groups in total. The number of nitrogens with one attached hydrogen (secondary N) is 1. The molecule has 2 rings (SSSR count). The smallest absolute Gasteiger partial charge is 0.0439 e. The van der Waals surface area contributed by atoms with Gasteiger partial charge in [-0.2, -0.15) is 0 Å². The lowest BCUT2D eigenvalue weighted by molar-refractivity contribution is 0.369. The Hall–Kier alpha value is -0.240. The minimum absolute atomic E-state index is 0.392. The summed E-state index contributed by atoms with van der Waals surface area (Å²) in [4.78, 5) is 0. The molecule has 0 amide bonds. The van der Waals surface area contributed by atoms with E-state index >= 15 is 0 Å². The molecule has 0 spiro atoms. The number of hydrogen-bond donors (Lipinski definition) is 1. The van der Waals surface area contributed by atoms with Crippen molar-refractivity contribution in [1.29, 1.82) is 0 Å². The van der Waals surface area contributed by atoms with Gasteiger partial charge < -0.3 is 5.32 Å². The fourth-order valence-corrected chi connectivity index (χ4v) is 2.67. The van der Waals surface area contributed by atoms with Crippen LogP contribution in [0.2, 0.25) is 10.0 Å². The van der Waals surface area contributed by atoms with E-state index in [2.05, 4.69) is 12.2 Å². The van der Waals surface area contributed by atoms with E-state index in [9.17, 15) is 0 Å². The number of rotatable bonds is 4. The van der Waals surface area contributed by atoms with Crippen LogP contribution < -0.4 is 5.32 Å². The van der Waals surface area contributed by atoms with Gasteiger partial charge in [0.2, 0.25) is 0 Å². The van der Waals surface area contributed by atoms with Crippen molar-refractivity contribution in [3.8, 4) is 0 Å². The summed E-state index contributed by atoms with van der Waals surface area (Å²) in [6.45, 7) is 2.24. The minimum Gasteiger partial charge on any atom is -0.317 e. The molecule has 88 valence electrons. The third-order valence-electron chi connectivity index (χ3n) is 3.79. The monoisotopic (exact) mass is 257 g/mol. The van der Waals surface area contributed by atoms with Crippen LogP contribution in [0.3, 0.4) is 0 Å². The molecule has 0 radical (unpaired) electrons. The van der Waals surface area contributed by atoms with Crippen LogP contribution in [-0.2, 0) is 6.42 Å². The summed E-state index contributed by atoms with van der Waals surface area (Å²) in [6.07, 6.45) is 3.57. The maximum atomic E-state index is 6.20. The first-order valence-corrected chi connectivity index (χ1v) is 6.44. The number of hydrogen-bond acceptors (Lipinski definition) is 1. The van der Waals surface area contributed by atoms with Crippen molar-refractivity contribution in [1.82, 2.24) is 5.32 Å². The highest BCUT2D eigenvalue weighted by atomic mass is 35.5. The molecule has 1 nitrogen and oxygen atoms in total. The van der Waals surface area contributed by atoms with Gasteiger partial charge in [0.15, 0.2) is 0 Å². The van der Waals surface area contributed by atoms with Gasteiger partial charge in [0.25, 0.3) is 0 Å². The van der Waals surface area contributed by atoms with E-state index < -0.39 is 0 Å². The fraction of sp³-hybridized carbons (Fsp3) is 0.538. The van der Waals surface area contributed by atoms with Crippen LogP contribution in [-0.4, -0.2) is 13.1 Å². The average molecular weight is 258 g/mol. The van der Waals surface area contributed by atoms with Gasteiger partial charge in [-0.3, -0.25) is 0 Å². The van der Waals surface area contributed by atoms with E-state index in [0.717, 1.165) is 16.5 Å². The molecule has 0 aromatic heterocycles. The van der Waals surface area contributed by atoms with Crippen LogP contribution in [0.1, 0.15) is 25.3 Å². The van der Waals surface area contributed by atoms with Crippen molar-refractivity contribution in [2.24, 2.45) is 5.41 Å². The van der Waals surface area contributed by atoms with Gasteiger partial charge in [0, 0.05) is 16.1 Å². The maximum Gasteiger partial charge on any atom is 0.0439 e. The topological polar surface area (TPSA) is 12.0 Å². The highest BCUT2D eigenvalue weighted by Crippen LogP contribution is 2.51. The van der Waals surface area contributed by atoms with Crippen LogP contribution in [0.25, 0.3) is 0 Å². The molecule has 0 bridgehead atoms. The normalized spacial score (nSPS) is 19.5. The van der Waals surface area contributed by atoms with E-state index in [1.807, 2.05) is 25.2 Å². The number of halogens is 2. The summed E-state index contributed by atoms with van der Waals surface area (Å²) in [7, 11) is 2.02. The van der Waals surface area contributed by atoms with Crippen molar-refractivity contribution in [3.05, 3.63) is 33.8 Å². The Morgan fingerprint density at radius 3 is 2.62 bits per heavy atom. The molecule has 1 fully saturated rings. The average Bonchev–Trinajstić information content (AvgIpc) is 3.03. The lowest BCUT2D eigenvalue weighted by Gasteiger charge is -2.23. The van der Waals surface area contributed by atoms with Crippen molar-refractivity contribution >= 4 is 23.2 Å². The van der Waals surface area contributed by atoms with E-state index in [0.29, 0.717) is 11.5 Å². The van der Waals surface area contributed by atoms with Gasteiger partial charge in [-0.15, -0.1) is 0 Å². The molecule has 1 aromatic carbocycles. The molecular weight excluding hydrogens is 241 g/mol. The molecule has 16 heavy (non-hydrogen) atoms. The summed E-state index contributed by atoms with van der Waals surface area (Å²) in [5, 5.41) is 4.95. The van der Waals surface area contributed by atoms with Crippen molar-refractivity contribution < 1.29 is 0 Å². The zero-order valence-electron chi connectivity index (χ0n) is 9.69. The lowest BCUT2D eigenvalue weighted by atomic mass is 9.90. The first-order valence-electron chi connectivity index (χ1n) is 5.68. The van der Waals surface area contributed by atoms with Crippen LogP contribution in [0.4, 0.5) is 0 Å². The van der Waals surface area contributed by atoms with Crippen LogP contribution >= 0.6 is 23.2 Å². The molecule has 3 heteroatoms.